The molecule has 0 aliphatic carbocycles. The van der Waals surface area contributed by atoms with Crippen molar-refractivity contribution in [1.29, 1.82) is 0 Å². The lowest BCUT2D eigenvalue weighted by Crippen LogP contribution is -2.21. The molecule has 0 amide bonds. The van der Waals surface area contributed by atoms with E-state index in [0.29, 0.717) is 12.4 Å². The van der Waals surface area contributed by atoms with Gasteiger partial charge < -0.3 is 10.2 Å². The van der Waals surface area contributed by atoms with E-state index in [9.17, 15) is 4.39 Å². The Labute approximate surface area is 113 Å². The number of hydrogen-bond acceptors (Lipinski definition) is 3. The van der Waals surface area contributed by atoms with E-state index < -0.39 is 0 Å². The van der Waals surface area contributed by atoms with Crippen molar-refractivity contribution < 1.29 is 4.39 Å². The fourth-order valence-electron chi connectivity index (χ4n) is 1.85. The van der Waals surface area contributed by atoms with Gasteiger partial charge in [0.05, 0.1) is 0 Å². The summed E-state index contributed by atoms with van der Waals surface area (Å²) in [5, 5.41) is 3.01. The zero-order valence-electron chi connectivity index (χ0n) is 11.0. The number of nitrogens with one attached hydrogen (secondary N) is 1. The summed E-state index contributed by atoms with van der Waals surface area (Å²) in [4.78, 5) is 6.13. The maximum absolute atomic E-state index is 13.3. The second-order valence-electron chi connectivity index (χ2n) is 4.37. The maximum atomic E-state index is 13.3. The molecule has 0 spiro atoms. The molecule has 0 aliphatic heterocycles. The highest BCUT2D eigenvalue weighted by molar-refractivity contribution is 5.44. The Morgan fingerprint density at radius 3 is 2.68 bits per heavy atom. The number of hydrogen-bond donors (Lipinski definition) is 1. The molecule has 0 bridgehead atoms. The van der Waals surface area contributed by atoms with E-state index in [1.54, 1.807) is 12.3 Å². The van der Waals surface area contributed by atoms with Crippen LogP contribution in [0.5, 0.6) is 0 Å². The minimum Gasteiger partial charge on any atom is -0.375 e. The summed E-state index contributed by atoms with van der Waals surface area (Å²) in [7, 11) is 2.05. The molecular formula is C15H18FN3. The van der Waals surface area contributed by atoms with Gasteiger partial charge in [0, 0.05) is 32.0 Å². The zero-order valence-corrected chi connectivity index (χ0v) is 11.0. The molecule has 0 unspecified atom stereocenters. The van der Waals surface area contributed by atoms with Crippen molar-refractivity contribution in [3.63, 3.8) is 0 Å². The van der Waals surface area contributed by atoms with Gasteiger partial charge in [-0.2, -0.15) is 0 Å². The molecule has 2 aromatic rings. The quantitative estimate of drug-likeness (QED) is 0.808. The standard InChI is InChI=1S/C15H18FN3/c1-19(13-7-3-2-4-8-13)12-6-11-18-15-14(16)9-5-10-17-15/h2-5,7-10H,6,11-12H2,1H3,(H,17,18). The molecule has 0 radical (unpaired) electrons. The number of anilines is 2. The highest BCUT2D eigenvalue weighted by Crippen LogP contribution is 2.11. The van der Waals surface area contributed by atoms with Gasteiger partial charge in [-0.3, -0.25) is 0 Å². The summed E-state index contributed by atoms with van der Waals surface area (Å²) < 4.78 is 13.3. The van der Waals surface area contributed by atoms with E-state index in [0.717, 1.165) is 13.0 Å². The molecule has 4 heteroatoms. The molecular weight excluding hydrogens is 241 g/mol. The van der Waals surface area contributed by atoms with Crippen molar-refractivity contribution in [1.82, 2.24) is 4.98 Å². The smallest absolute Gasteiger partial charge is 0.165 e. The van der Waals surface area contributed by atoms with Crippen LogP contribution in [0.1, 0.15) is 6.42 Å². The summed E-state index contributed by atoms with van der Waals surface area (Å²) in [6.07, 6.45) is 2.50. The molecule has 19 heavy (non-hydrogen) atoms. The predicted molar refractivity (Wildman–Crippen MR) is 77.0 cm³/mol. The summed E-state index contributed by atoms with van der Waals surface area (Å²) in [6.45, 7) is 1.61. The molecule has 0 aliphatic rings. The fourth-order valence-corrected chi connectivity index (χ4v) is 1.85. The maximum Gasteiger partial charge on any atom is 0.165 e. The monoisotopic (exact) mass is 259 g/mol. The van der Waals surface area contributed by atoms with E-state index in [-0.39, 0.29) is 5.82 Å². The summed E-state index contributed by atoms with van der Waals surface area (Å²) in [6, 6.07) is 13.2. The number of benzene rings is 1. The van der Waals surface area contributed by atoms with Crippen LogP contribution in [-0.2, 0) is 0 Å². The normalized spacial score (nSPS) is 10.2. The van der Waals surface area contributed by atoms with Gasteiger partial charge in [0.1, 0.15) is 0 Å². The van der Waals surface area contributed by atoms with Gasteiger partial charge >= 0.3 is 0 Å². The van der Waals surface area contributed by atoms with Crippen LogP contribution >= 0.6 is 0 Å². The van der Waals surface area contributed by atoms with Gasteiger partial charge in [-0.25, -0.2) is 9.37 Å². The first kappa shape index (κ1) is 13.3. The van der Waals surface area contributed by atoms with Crippen LogP contribution in [0.15, 0.2) is 48.7 Å². The molecule has 1 aromatic carbocycles. The van der Waals surface area contributed by atoms with Crippen LogP contribution in [0.3, 0.4) is 0 Å². The first-order chi connectivity index (χ1) is 9.27. The second-order valence-corrected chi connectivity index (χ2v) is 4.37. The van der Waals surface area contributed by atoms with Crippen LogP contribution in [0.4, 0.5) is 15.9 Å². The first-order valence-electron chi connectivity index (χ1n) is 6.38. The van der Waals surface area contributed by atoms with Crippen LogP contribution < -0.4 is 10.2 Å². The molecule has 0 fully saturated rings. The van der Waals surface area contributed by atoms with Crippen LogP contribution in [0, 0.1) is 5.82 Å². The Morgan fingerprint density at radius 2 is 1.95 bits per heavy atom. The third kappa shape index (κ3) is 3.95. The number of halogens is 1. The van der Waals surface area contributed by atoms with Crippen LogP contribution in [-0.4, -0.2) is 25.1 Å². The van der Waals surface area contributed by atoms with Gasteiger partial charge in [0.15, 0.2) is 11.6 Å². The number of aromatic nitrogens is 1. The lowest BCUT2D eigenvalue weighted by atomic mass is 10.3. The second kappa shape index (κ2) is 6.73. The fraction of sp³-hybridized carbons (Fsp3) is 0.267. The third-order valence-electron chi connectivity index (χ3n) is 2.92. The Bertz CT molecular complexity index is 502. The van der Waals surface area contributed by atoms with E-state index >= 15 is 0 Å². The SMILES string of the molecule is CN(CCCNc1ncccc1F)c1ccccc1. The third-order valence-corrected chi connectivity index (χ3v) is 2.92. The van der Waals surface area contributed by atoms with Crippen molar-refractivity contribution in [3.8, 4) is 0 Å². The van der Waals surface area contributed by atoms with E-state index in [4.69, 9.17) is 0 Å². The zero-order chi connectivity index (χ0) is 13.5. The molecule has 1 aromatic heterocycles. The van der Waals surface area contributed by atoms with Gasteiger partial charge in [-0.15, -0.1) is 0 Å². The molecule has 100 valence electrons. The molecule has 1 heterocycles. The Hall–Kier alpha value is -2.10. The van der Waals surface area contributed by atoms with Crippen LogP contribution in [0.2, 0.25) is 0 Å². The van der Waals surface area contributed by atoms with Gasteiger partial charge in [0.2, 0.25) is 0 Å². The van der Waals surface area contributed by atoms with E-state index in [1.807, 2.05) is 18.2 Å². The van der Waals surface area contributed by atoms with Crippen molar-refractivity contribution in [3.05, 3.63) is 54.5 Å². The molecule has 0 saturated carbocycles. The van der Waals surface area contributed by atoms with E-state index in [1.165, 1.54) is 11.8 Å². The number of rotatable bonds is 6. The lowest BCUT2D eigenvalue weighted by molar-refractivity contribution is 0.623. The van der Waals surface area contributed by atoms with Crippen LogP contribution in [0.25, 0.3) is 0 Å². The van der Waals surface area contributed by atoms with Crippen molar-refractivity contribution in [2.24, 2.45) is 0 Å². The highest BCUT2D eigenvalue weighted by Gasteiger charge is 2.02. The van der Waals surface area contributed by atoms with Crippen molar-refractivity contribution >= 4 is 11.5 Å². The number of nitrogens with zero attached hydrogens (tertiary/aromatic N) is 2. The summed E-state index contributed by atoms with van der Waals surface area (Å²) in [5.41, 5.74) is 1.19. The predicted octanol–water partition coefficient (Wildman–Crippen LogP) is 3.16. The first-order valence-corrected chi connectivity index (χ1v) is 6.38. The van der Waals surface area contributed by atoms with E-state index in [2.05, 4.69) is 34.4 Å². The van der Waals surface area contributed by atoms with Crippen molar-refractivity contribution in [2.75, 3.05) is 30.4 Å². The lowest BCUT2D eigenvalue weighted by Gasteiger charge is -2.19. The van der Waals surface area contributed by atoms with Gasteiger partial charge in [0.25, 0.3) is 0 Å². The Kier molecular flexibility index (Phi) is 4.72. The van der Waals surface area contributed by atoms with Gasteiger partial charge in [-0.1, -0.05) is 18.2 Å². The molecule has 1 N–H and O–H groups in total. The molecule has 0 saturated heterocycles. The van der Waals surface area contributed by atoms with Gasteiger partial charge in [-0.05, 0) is 30.7 Å². The number of pyridine rings is 1. The topological polar surface area (TPSA) is 28.2 Å². The molecule has 2 rings (SSSR count). The molecule has 0 atom stereocenters. The summed E-state index contributed by atoms with van der Waals surface area (Å²) in [5.74, 6) is 0.0174. The largest absolute Gasteiger partial charge is 0.375 e. The van der Waals surface area contributed by atoms with Crippen molar-refractivity contribution in [2.45, 2.75) is 6.42 Å². The Balaban J connectivity index is 1.74. The average molecular weight is 259 g/mol. The highest BCUT2D eigenvalue weighted by atomic mass is 19.1. The minimum atomic E-state index is -0.307. The molecule has 3 nitrogen and oxygen atoms in total. The summed E-state index contributed by atoms with van der Waals surface area (Å²) >= 11 is 0. The average Bonchev–Trinajstić information content (AvgIpc) is 2.46. The number of para-hydroxylation sites is 1. The Morgan fingerprint density at radius 1 is 1.16 bits per heavy atom. The minimum absolute atomic E-state index is 0.307.